The van der Waals surface area contributed by atoms with Gasteiger partial charge in [-0.15, -0.1) is 4.91 Å². The molecule has 0 bridgehead atoms. The van der Waals surface area contributed by atoms with Gasteiger partial charge in [0.25, 0.3) is 0 Å². The molecule has 11 heavy (non-hydrogen) atoms. The minimum Gasteiger partial charge on any atom is -0.397 e. The number of nitrogens with two attached hydrogens (primary N) is 1. The quantitative estimate of drug-likeness (QED) is 0.422. The third-order valence-corrected chi connectivity index (χ3v) is 1.53. The van der Waals surface area contributed by atoms with Gasteiger partial charge in [-0.3, -0.25) is 0 Å². The van der Waals surface area contributed by atoms with Crippen LogP contribution in [-0.4, -0.2) is 0 Å². The molecule has 1 aromatic carbocycles. The molecule has 4 nitrogen and oxygen atoms in total. The molecular weight excluding hydrogens is 168 g/mol. The highest BCUT2D eigenvalue weighted by Gasteiger charge is 2.03. The van der Waals surface area contributed by atoms with Crippen molar-refractivity contribution in [3.8, 4) is 5.75 Å². The summed E-state index contributed by atoms with van der Waals surface area (Å²) in [7, 11) is 0. The first-order valence-corrected chi connectivity index (χ1v) is 3.17. The highest BCUT2D eigenvalue weighted by molar-refractivity contribution is 6.34. The van der Waals surface area contributed by atoms with Gasteiger partial charge in [-0.1, -0.05) is 17.7 Å². The molecule has 0 aliphatic heterocycles. The zero-order valence-corrected chi connectivity index (χ0v) is 6.21. The Morgan fingerprint density at radius 3 is 2.91 bits per heavy atom. The fourth-order valence-electron chi connectivity index (χ4n) is 0.638. The van der Waals surface area contributed by atoms with E-state index in [1.165, 1.54) is 6.07 Å². The second-order valence-electron chi connectivity index (χ2n) is 1.83. The first kappa shape index (κ1) is 7.81. The largest absolute Gasteiger partial charge is 0.397 e. The van der Waals surface area contributed by atoms with Crippen LogP contribution in [0.4, 0.5) is 5.69 Å². The van der Waals surface area contributed by atoms with Crippen molar-refractivity contribution in [2.75, 3.05) is 5.73 Å². The Morgan fingerprint density at radius 1 is 1.55 bits per heavy atom. The topological polar surface area (TPSA) is 64.7 Å². The predicted molar refractivity (Wildman–Crippen MR) is 42.3 cm³/mol. The Kier molecular flexibility index (Phi) is 2.28. The van der Waals surface area contributed by atoms with Gasteiger partial charge < -0.3 is 10.6 Å². The van der Waals surface area contributed by atoms with Crippen LogP contribution in [0.1, 0.15) is 0 Å². The molecule has 0 saturated heterocycles. The highest BCUT2D eigenvalue weighted by atomic mass is 35.5. The minimum atomic E-state index is 0.168. The third kappa shape index (κ3) is 1.59. The van der Waals surface area contributed by atoms with Crippen LogP contribution in [0.15, 0.2) is 23.5 Å². The molecule has 0 atom stereocenters. The maximum absolute atomic E-state index is 9.67. The second kappa shape index (κ2) is 3.21. The molecule has 0 unspecified atom stereocenters. The van der Waals surface area contributed by atoms with E-state index in [0.717, 1.165) is 0 Å². The molecule has 58 valence electrons. The van der Waals surface area contributed by atoms with Gasteiger partial charge in [0, 0.05) is 0 Å². The summed E-state index contributed by atoms with van der Waals surface area (Å²) < 4.78 is 0. The lowest BCUT2D eigenvalue weighted by atomic mass is 10.3. The molecule has 1 rings (SSSR count). The number of hydrogen-bond acceptors (Lipinski definition) is 4. The molecule has 0 spiro atoms. The van der Waals surface area contributed by atoms with E-state index in [0.29, 0.717) is 5.69 Å². The minimum absolute atomic E-state index is 0.168. The summed E-state index contributed by atoms with van der Waals surface area (Å²) in [6, 6.07) is 4.71. The Labute approximate surface area is 67.8 Å². The number of benzene rings is 1. The van der Waals surface area contributed by atoms with Crippen molar-refractivity contribution >= 4 is 17.3 Å². The van der Waals surface area contributed by atoms with Crippen LogP contribution in [0, 0.1) is 4.91 Å². The number of anilines is 1. The van der Waals surface area contributed by atoms with E-state index in [2.05, 4.69) is 10.2 Å². The maximum Gasteiger partial charge on any atom is 0.182 e. The van der Waals surface area contributed by atoms with E-state index in [1.807, 2.05) is 0 Å². The summed E-state index contributed by atoms with van der Waals surface area (Å²) >= 11 is 5.62. The average Bonchev–Trinajstić information content (AvgIpc) is 1.99. The molecule has 0 aromatic heterocycles. The number of rotatable bonds is 2. The van der Waals surface area contributed by atoms with Crippen LogP contribution in [0.2, 0.25) is 5.02 Å². The van der Waals surface area contributed by atoms with Crippen molar-refractivity contribution < 1.29 is 4.84 Å². The monoisotopic (exact) mass is 172 g/mol. The van der Waals surface area contributed by atoms with E-state index in [4.69, 9.17) is 17.3 Å². The van der Waals surface area contributed by atoms with Crippen molar-refractivity contribution in [3.63, 3.8) is 0 Å². The predicted octanol–water partition coefficient (Wildman–Crippen LogP) is 1.98. The van der Waals surface area contributed by atoms with E-state index in [9.17, 15) is 4.91 Å². The first-order valence-electron chi connectivity index (χ1n) is 2.79. The van der Waals surface area contributed by atoms with Gasteiger partial charge >= 0.3 is 0 Å². The maximum atomic E-state index is 9.67. The van der Waals surface area contributed by atoms with Gasteiger partial charge in [0.05, 0.1) is 5.69 Å². The van der Waals surface area contributed by atoms with Gasteiger partial charge in [0.2, 0.25) is 0 Å². The lowest BCUT2D eigenvalue weighted by molar-refractivity contribution is 0.335. The van der Waals surface area contributed by atoms with Gasteiger partial charge in [-0.05, 0) is 12.1 Å². The molecule has 0 heterocycles. The van der Waals surface area contributed by atoms with Crippen molar-refractivity contribution in [1.29, 1.82) is 0 Å². The highest BCUT2D eigenvalue weighted by Crippen LogP contribution is 2.29. The van der Waals surface area contributed by atoms with Crippen LogP contribution in [0.25, 0.3) is 0 Å². The Morgan fingerprint density at radius 2 is 2.27 bits per heavy atom. The fourth-order valence-corrected chi connectivity index (χ4v) is 0.799. The van der Waals surface area contributed by atoms with Crippen molar-refractivity contribution in [2.24, 2.45) is 5.34 Å². The molecule has 1 aromatic rings. The van der Waals surface area contributed by atoms with Crippen LogP contribution >= 0.6 is 11.6 Å². The average molecular weight is 173 g/mol. The van der Waals surface area contributed by atoms with E-state index >= 15 is 0 Å². The van der Waals surface area contributed by atoms with Crippen molar-refractivity contribution in [1.82, 2.24) is 0 Å². The number of nitrogen functional groups attached to an aromatic ring is 1. The molecule has 0 saturated carbocycles. The lowest BCUT2D eigenvalue weighted by Crippen LogP contribution is -1.88. The molecule has 0 fully saturated rings. The summed E-state index contributed by atoms with van der Waals surface area (Å²) in [4.78, 5) is 13.9. The summed E-state index contributed by atoms with van der Waals surface area (Å²) in [5, 5.41) is 2.42. The molecule has 0 aliphatic carbocycles. The van der Waals surface area contributed by atoms with Crippen LogP contribution in [0.5, 0.6) is 5.75 Å². The van der Waals surface area contributed by atoms with Gasteiger partial charge in [0.1, 0.15) is 5.02 Å². The van der Waals surface area contributed by atoms with Crippen LogP contribution in [0.3, 0.4) is 0 Å². The zero-order chi connectivity index (χ0) is 8.27. The molecule has 0 radical (unpaired) electrons. The SMILES string of the molecule is Nc1cccc(ON=O)c1Cl. The van der Waals surface area contributed by atoms with Crippen LogP contribution < -0.4 is 10.6 Å². The first-order chi connectivity index (χ1) is 5.25. The third-order valence-electron chi connectivity index (χ3n) is 1.13. The van der Waals surface area contributed by atoms with Gasteiger partial charge in [0.15, 0.2) is 11.1 Å². The Balaban J connectivity index is 3.05. The standard InChI is InChI=1S/C6H5ClN2O2/c7-6-4(8)2-1-3-5(6)11-9-10/h1-3H,8H2. The van der Waals surface area contributed by atoms with Crippen molar-refractivity contribution in [3.05, 3.63) is 28.1 Å². The van der Waals surface area contributed by atoms with Crippen LogP contribution in [-0.2, 0) is 0 Å². The molecular formula is C6H5ClN2O2. The number of nitrogens with zero attached hydrogens (tertiary/aromatic N) is 1. The van der Waals surface area contributed by atoms with E-state index < -0.39 is 0 Å². The van der Waals surface area contributed by atoms with E-state index in [-0.39, 0.29) is 10.8 Å². The van der Waals surface area contributed by atoms with Gasteiger partial charge in [-0.25, -0.2) is 0 Å². The summed E-state index contributed by atoms with van der Waals surface area (Å²) in [6.45, 7) is 0. The Hall–Kier alpha value is -1.29. The summed E-state index contributed by atoms with van der Waals surface area (Å²) in [5.74, 6) is 0.168. The fraction of sp³-hybridized carbons (Fsp3) is 0. The molecule has 0 aliphatic rings. The van der Waals surface area contributed by atoms with Gasteiger partial charge in [-0.2, -0.15) is 0 Å². The smallest absolute Gasteiger partial charge is 0.182 e. The summed E-state index contributed by atoms with van der Waals surface area (Å²) in [6.07, 6.45) is 0. The molecule has 2 N–H and O–H groups in total. The molecule has 5 heteroatoms. The number of halogens is 1. The zero-order valence-electron chi connectivity index (χ0n) is 5.45. The van der Waals surface area contributed by atoms with E-state index in [1.54, 1.807) is 12.1 Å². The van der Waals surface area contributed by atoms with Crippen molar-refractivity contribution in [2.45, 2.75) is 0 Å². The Bertz CT molecular complexity index is 277. The number of hydrogen-bond donors (Lipinski definition) is 1. The lowest BCUT2D eigenvalue weighted by Gasteiger charge is -1.99. The second-order valence-corrected chi connectivity index (χ2v) is 2.20. The summed E-state index contributed by atoms with van der Waals surface area (Å²) in [5.41, 5.74) is 5.75. The molecule has 0 amide bonds. The normalized spacial score (nSPS) is 9.18.